The monoisotopic (exact) mass is 288 g/mol. The Labute approximate surface area is 114 Å². The largest absolute Gasteiger partial charge is 0.322 e. The molecule has 1 unspecified atom stereocenters. The highest BCUT2D eigenvalue weighted by Gasteiger charge is 2.19. The fourth-order valence-corrected chi connectivity index (χ4v) is 1.97. The van der Waals surface area contributed by atoms with Crippen LogP contribution in [0.2, 0.25) is 10.0 Å². The third kappa shape index (κ3) is 3.59. The minimum atomic E-state index is -0.771. The summed E-state index contributed by atoms with van der Waals surface area (Å²) >= 11 is 11.6. The standard InChI is InChI=1S/C12H11Cl2FN2O/c1-2-3-7(6-16)12(18)17-11-9(13)4-8(15)5-10(11)14/h4-5,7H,2-3H2,1H3,(H,17,18). The van der Waals surface area contributed by atoms with Crippen molar-refractivity contribution >= 4 is 34.8 Å². The molecule has 0 saturated carbocycles. The van der Waals surface area contributed by atoms with E-state index < -0.39 is 17.6 Å². The molecule has 6 heteroatoms. The third-order valence-electron chi connectivity index (χ3n) is 2.30. The van der Waals surface area contributed by atoms with Crippen LogP contribution in [0.4, 0.5) is 10.1 Å². The van der Waals surface area contributed by atoms with Gasteiger partial charge in [0.05, 0.1) is 21.8 Å². The number of rotatable bonds is 4. The summed E-state index contributed by atoms with van der Waals surface area (Å²) in [6.45, 7) is 1.87. The van der Waals surface area contributed by atoms with Crippen LogP contribution < -0.4 is 5.32 Å². The molecule has 1 N–H and O–H groups in total. The summed E-state index contributed by atoms with van der Waals surface area (Å²) in [6.07, 6.45) is 1.15. The number of benzene rings is 1. The molecule has 0 spiro atoms. The van der Waals surface area contributed by atoms with Gasteiger partial charge in [0.15, 0.2) is 0 Å². The Morgan fingerprint density at radius 1 is 1.50 bits per heavy atom. The summed E-state index contributed by atoms with van der Waals surface area (Å²) in [5.41, 5.74) is 0.126. The van der Waals surface area contributed by atoms with E-state index in [-0.39, 0.29) is 15.7 Å². The molecule has 1 amide bonds. The summed E-state index contributed by atoms with van der Waals surface area (Å²) in [5.74, 6) is -1.85. The van der Waals surface area contributed by atoms with Crippen molar-refractivity contribution in [2.24, 2.45) is 5.92 Å². The van der Waals surface area contributed by atoms with E-state index in [0.717, 1.165) is 12.1 Å². The van der Waals surface area contributed by atoms with Crippen molar-refractivity contribution in [2.45, 2.75) is 19.8 Å². The normalized spacial score (nSPS) is 11.7. The number of anilines is 1. The zero-order valence-electron chi connectivity index (χ0n) is 9.64. The SMILES string of the molecule is CCCC(C#N)C(=O)Nc1c(Cl)cc(F)cc1Cl. The van der Waals surface area contributed by atoms with Crippen molar-refractivity contribution in [3.8, 4) is 6.07 Å². The summed E-state index contributed by atoms with van der Waals surface area (Å²) in [4.78, 5) is 11.8. The van der Waals surface area contributed by atoms with Gasteiger partial charge >= 0.3 is 0 Å². The van der Waals surface area contributed by atoms with Crippen LogP contribution in [0.5, 0.6) is 0 Å². The van der Waals surface area contributed by atoms with E-state index in [2.05, 4.69) is 5.32 Å². The highest BCUT2D eigenvalue weighted by atomic mass is 35.5. The van der Waals surface area contributed by atoms with Crippen LogP contribution in [0.1, 0.15) is 19.8 Å². The molecule has 0 saturated heterocycles. The zero-order valence-corrected chi connectivity index (χ0v) is 11.1. The third-order valence-corrected chi connectivity index (χ3v) is 2.90. The summed E-state index contributed by atoms with van der Waals surface area (Å²) in [7, 11) is 0. The van der Waals surface area contributed by atoms with Gasteiger partial charge in [-0.15, -0.1) is 0 Å². The second-order valence-corrected chi connectivity index (χ2v) is 4.52. The van der Waals surface area contributed by atoms with Crippen LogP contribution in [-0.2, 0) is 4.79 Å². The van der Waals surface area contributed by atoms with E-state index in [0.29, 0.717) is 12.8 Å². The predicted molar refractivity (Wildman–Crippen MR) is 69.1 cm³/mol. The lowest BCUT2D eigenvalue weighted by Gasteiger charge is -2.12. The van der Waals surface area contributed by atoms with Crippen molar-refractivity contribution in [1.29, 1.82) is 5.26 Å². The number of halogens is 3. The Morgan fingerprint density at radius 2 is 2.06 bits per heavy atom. The lowest BCUT2D eigenvalue weighted by atomic mass is 10.0. The Balaban J connectivity index is 2.92. The van der Waals surface area contributed by atoms with Gasteiger partial charge in [-0.2, -0.15) is 5.26 Å². The molecule has 0 heterocycles. The van der Waals surface area contributed by atoms with E-state index in [9.17, 15) is 9.18 Å². The number of carbonyl (C=O) groups excluding carboxylic acids is 1. The maximum atomic E-state index is 13.0. The maximum Gasteiger partial charge on any atom is 0.241 e. The van der Waals surface area contributed by atoms with Crippen molar-refractivity contribution in [1.82, 2.24) is 0 Å². The first kappa shape index (κ1) is 14.7. The van der Waals surface area contributed by atoms with Crippen molar-refractivity contribution < 1.29 is 9.18 Å². The first-order valence-corrected chi connectivity index (χ1v) is 6.10. The first-order chi connectivity index (χ1) is 8.49. The minimum Gasteiger partial charge on any atom is -0.322 e. The van der Waals surface area contributed by atoms with Crippen molar-refractivity contribution in [3.63, 3.8) is 0 Å². The summed E-state index contributed by atoms with van der Waals surface area (Å²) in [6, 6.07) is 3.99. The fourth-order valence-electron chi connectivity index (χ4n) is 1.41. The summed E-state index contributed by atoms with van der Waals surface area (Å²) in [5, 5.41) is 11.3. The fraction of sp³-hybridized carbons (Fsp3) is 0.333. The highest BCUT2D eigenvalue weighted by Crippen LogP contribution is 2.31. The van der Waals surface area contributed by atoms with E-state index in [4.69, 9.17) is 28.5 Å². The van der Waals surface area contributed by atoms with Gasteiger partial charge in [0.1, 0.15) is 11.7 Å². The number of hydrogen-bond acceptors (Lipinski definition) is 2. The van der Waals surface area contributed by atoms with E-state index >= 15 is 0 Å². The number of nitrogens with one attached hydrogen (secondary N) is 1. The van der Waals surface area contributed by atoms with Crippen molar-refractivity contribution in [2.75, 3.05) is 5.32 Å². The maximum absolute atomic E-state index is 13.0. The van der Waals surface area contributed by atoms with Crippen LogP contribution in [-0.4, -0.2) is 5.91 Å². The number of amides is 1. The van der Waals surface area contributed by atoms with E-state index in [1.165, 1.54) is 0 Å². The Hall–Kier alpha value is -1.31. The van der Waals surface area contributed by atoms with Gasteiger partial charge in [0.2, 0.25) is 5.91 Å². The molecule has 3 nitrogen and oxygen atoms in total. The molecule has 0 bridgehead atoms. The van der Waals surface area contributed by atoms with Crippen LogP contribution >= 0.6 is 23.2 Å². The highest BCUT2D eigenvalue weighted by molar-refractivity contribution is 6.39. The Morgan fingerprint density at radius 3 is 2.50 bits per heavy atom. The molecule has 1 aromatic carbocycles. The van der Waals surface area contributed by atoms with Crippen LogP contribution in [0.25, 0.3) is 0 Å². The number of nitriles is 1. The van der Waals surface area contributed by atoms with E-state index in [1.54, 1.807) is 0 Å². The average molecular weight is 289 g/mol. The second kappa shape index (κ2) is 6.58. The molecule has 96 valence electrons. The predicted octanol–water partition coefficient (Wildman–Crippen LogP) is 4.01. The molecule has 0 fully saturated rings. The Kier molecular flexibility index (Phi) is 5.39. The molecular formula is C12H11Cl2FN2O. The molecule has 0 aliphatic rings. The molecule has 0 aliphatic heterocycles. The van der Waals surface area contributed by atoms with Gasteiger partial charge in [-0.1, -0.05) is 36.5 Å². The molecule has 0 aromatic heterocycles. The van der Waals surface area contributed by atoms with Gasteiger partial charge in [0, 0.05) is 0 Å². The molecule has 0 radical (unpaired) electrons. The van der Waals surface area contributed by atoms with E-state index in [1.807, 2.05) is 13.0 Å². The smallest absolute Gasteiger partial charge is 0.241 e. The molecule has 1 atom stereocenters. The molecular weight excluding hydrogens is 278 g/mol. The molecule has 1 aromatic rings. The van der Waals surface area contributed by atoms with Crippen LogP contribution in [0.3, 0.4) is 0 Å². The Bertz CT molecular complexity index is 476. The van der Waals surface area contributed by atoms with Gasteiger partial charge in [-0.3, -0.25) is 4.79 Å². The molecule has 0 aliphatic carbocycles. The number of nitrogens with zero attached hydrogens (tertiary/aromatic N) is 1. The number of hydrogen-bond donors (Lipinski definition) is 1. The van der Waals surface area contributed by atoms with Crippen molar-refractivity contribution in [3.05, 3.63) is 28.0 Å². The lowest BCUT2D eigenvalue weighted by Crippen LogP contribution is -2.21. The van der Waals surface area contributed by atoms with Gasteiger partial charge in [0.25, 0.3) is 0 Å². The van der Waals surface area contributed by atoms with Gasteiger partial charge in [-0.05, 0) is 18.6 Å². The molecule has 1 rings (SSSR count). The zero-order chi connectivity index (χ0) is 13.7. The van der Waals surface area contributed by atoms with Crippen LogP contribution in [0, 0.1) is 23.1 Å². The number of carbonyl (C=O) groups is 1. The van der Waals surface area contributed by atoms with Crippen LogP contribution in [0.15, 0.2) is 12.1 Å². The minimum absolute atomic E-state index is 0.00142. The first-order valence-electron chi connectivity index (χ1n) is 5.34. The quantitative estimate of drug-likeness (QED) is 0.910. The van der Waals surface area contributed by atoms with Gasteiger partial charge in [-0.25, -0.2) is 4.39 Å². The topological polar surface area (TPSA) is 52.9 Å². The molecule has 18 heavy (non-hydrogen) atoms. The van der Waals surface area contributed by atoms with Gasteiger partial charge < -0.3 is 5.32 Å². The second-order valence-electron chi connectivity index (χ2n) is 3.70. The lowest BCUT2D eigenvalue weighted by molar-refractivity contribution is -0.118. The summed E-state index contributed by atoms with van der Waals surface area (Å²) < 4.78 is 13.0. The average Bonchev–Trinajstić information content (AvgIpc) is 2.30.